The lowest BCUT2D eigenvalue weighted by molar-refractivity contribution is -0.0323. The number of nitriles is 1. The second-order valence-corrected chi connectivity index (χ2v) is 6.48. The molecule has 108 valence electrons. The summed E-state index contributed by atoms with van der Waals surface area (Å²) in [6.07, 6.45) is 8.25. The van der Waals surface area contributed by atoms with Crippen LogP contribution in [-0.2, 0) is 0 Å². The molecule has 4 heteroatoms. The maximum atomic E-state index is 10.5. The summed E-state index contributed by atoms with van der Waals surface area (Å²) in [5, 5.41) is 29.8. The molecule has 4 nitrogen and oxygen atoms in total. The molecule has 2 aliphatic rings. The molecule has 2 fully saturated rings. The van der Waals surface area contributed by atoms with Crippen molar-refractivity contribution in [1.82, 2.24) is 4.90 Å². The van der Waals surface area contributed by atoms with E-state index in [1.54, 1.807) is 0 Å². The maximum Gasteiger partial charge on any atom is 0.0774 e. The van der Waals surface area contributed by atoms with Crippen molar-refractivity contribution >= 4 is 0 Å². The van der Waals surface area contributed by atoms with Crippen molar-refractivity contribution in [3.05, 3.63) is 0 Å². The summed E-state index contributed by atoms with van der Waals surface area (Å²) in [7, 11) is 0. The van der Waals surface area contributed by atoms with E-state index in [9.17, 15) is 10.2 Å². The Bertz CT molecular complexity index is 302. The molecule has 0 aromatic carbocycles. The highest BCUT2D eigenvalue weighted by atomic mass is 16.3. The molecule has 19 heavy (non-hydrogen) atoms. The highest BCUT2D eigenvalue weighted by molar-refractivity contribution is 4.93. The Morgan fingerprint density at radius 1 is 0.895 bits per heavy atom. The number of aliphatic hydroxyl groups is 2. The average molecular weight is 266 g/mol. The molecule has 0 saturated heterocycles. The summed E-state index contributed by atoms with van der Waals surface area (Å²) in [6, 6.07) is 2.17. The van der Waals surface area contributed by atoms with Crippen LogP contribution in [-0.4, -0.2) is 45.9 Å². The third kappa shape index (κ3) is 4.17. The molecule has 0 bridgehead atoms. The summed E-state index contributed by atoms with van der Waals surface area (Å²) in [4.78, 5) is 2.11. The third-order valence-corrected chi connectivity index (χ3v) is 4.64. The van der Waals surface area contributed by atoms with Crippen LogP contribution < -0.4 is 0 Å². The third-order valence-electron chi connectivity index (χ3n) is 4.64. The minimum atomic E-state index is -0.593. The van der Waals surface area contributed by atoms with Gasteiger partial charge >= 0.3 is 0 Å². The molecule has 0 atom stereocenters. The predicted molar refractivity (Wildman–Crippen MR) is 73.5 cm³/mol. The lowest BCUT2D eigenvalue weighted by Gasteiger charge is -2.35. The van der Waals surface area contributed by atoms with Crippen molar-refractivity contribution in [2.45, 2.75) is 69.0 Å². The standard InChI is InChI=1S/C15H26N2O2/c16-10-5-11-17(12-14(18)6-1-2-7-14)13-15(19)8-3-4-9-15/h18-19H,1-9,11-13H2. The first-order valence-corrected chi connectivity index (χ1v) is 7.59. The second kappa shape index (κ2) is 6.21. The largest absolute Gasteiger partial charge is 0.389 e. The van der Waals surface area contributed by atoms with Gasteiger partial charge < -0.3 is 10.2 Å². The van der Waals surface area contributed by atoms with Gasteiger partial charge in [-0.1, -0.05) is 25.7 Å². The first kappa shape index (κ1) is 14.8. The number of rotatable bonds is 6. The molecular formula is C15H26N2O2. The second-order valence-electron chi connectivity index (χ2n) is 6.48. The molecule has 0 unspecified atom stereocenters. The van der Waals surface area contributed by atoms with Crippen LogP contribution in [0, 0.1) is 11.3 Å². The van der Waals surface area contributed by atoms with E-state index < -0.39 is 11.2 Å². The van der Waals surface area contributed by atoms with Crippen molar-refractivity contribution in [3.63, 3.8) is 0 Å². The van der Waals surface area contributed by atoms with Gasteiger partial charge in [0.25, 0.3) is 0 Å². The van der Waals surface area contributed by atoms with Crippen LogP contribution in [0.2, 0.25) is 0 Å². The Morgan fingerprint density at radius 3 is 1.68 bits per heavy atom. The van der Waals surface area contributed by atoms with Crippen LogP contribution in [0.4, 0.5) is 0 Å². The minimum absolute atomic E-state index is 0.464. The van der Waals surface area contributed by atoms with Crippen LogP contribution in [0.15, 0.2) is 0 Å². The normalized spacial score (nSPS) is 24.7. The van der Waals surface area contributed by atoms with Gasteiger partial charge in [0.1, 0.15) is 0 Å². The molecule has 0 aliphatic heterocycles. The van der Waals surface area contributed by atoms with Crippen molar-refractivity contribution < 1.29 is 10.2 Å². The monoisotopic (exact) mass is 266 g/mol. The van der Waals surface area contributed by atoms with Gasteiger partial charge in [-0.2, -0.15) is 5.26 Å². The van der Waals surface area contributed by atoms with E-state index in [1.165, 1.54) is 0 Å². The van der Waals surface area contributed by atoms with Crippen LogP contribution in [0.3, 0.4) is 0 Å². The van der Waals surface area contributed by atoms with Gasteiger partial charge in [0.05, 0.1) is 17.3 Å². The first-order valence-electron chi connectivity index (χ1n) is 7.59. The van der Waals surface area contributed by atoms with Crippen molar-refractivity contribution in [2.24, 2.45) is 0 Å². The highest BCUT2D eigenvalue weighted by Gasteiger charge is 2.37. The molecular weight excluding hydrogens is 240 g/mol. The molecule has 2 aliphatic carbocycles. The first-order chi connectivity index (χ1) is 9.05. The predicted octanol–water partition coefficient (Wildman–Crippen LogP) is 1.81. The van der Waals surface area contributed by atoms with Gasteiger partial charge in [-0.3, -0.25) is 4.90 Å². The van der Waals surface area contributed by atoms with Crippen molar-refractivity contribution in [3.8, 4) is 6.07 Å². The van der Waals surface area contributed by atoms with Crippen LogP contribution in [0.1, 0.15) is 57.8 Å². The van der Waals surface area contributed by atoms with E-state index >= 15 is 0 Å². The Hall–Kier alpha value is -0.630. The lowest BCUT2D eigenvalue weighted by Crippen LogP contribution is -2.48. The fourth-order valence-corrected chi connectivity index (χ4v) is 3.64. The minimum Gasteiger partial charge on any atom is -0.389 e. The Morgan fingerprint density at radius 2 is 1.32 bits per heavy atom. The van der Waals surface area contributed by atoms with Gasteiger partial charge in [0, 0.05) is 26.1 Å². The Balaban J connectivity index is 1.93. The maximum absolute atomic E-state index is 10.5. The number of hydrogen-bond acceptors (Lipinski definition) is 4. The van der Waals surface area contributed by atoms with Gasteiger partial charge in [0.15, 0.2) is 0 Å². The van der Waals surface area contributed by atoms with E-state index in [2.05, 4.69) is 11.0 Å². The summed E-state index contributed by atoms with van der Waals surface area (Å²) >= 11 is 0. The zero-order valence-electron chi connectivity index (χ0n) is 11.8. The molecule has 2 saturated carbocycles. The van der Waals surface area contributed by atoms with Gasteiger partial charge in [0.2, 0.25) is 0 Å². The van der Waals surface area contributed by atoms with Crippen LogP contribution in [0.5, 0.6) is 0 Å². The molecule has 0 amide bonds. The molecule has 2 N–H and O–H groups in total. The fraction of sp³-hybridized carbons (Fsp3) is 0.933. The van der Waals surface area contributed by atoms with E-state index in [0.29, 0.717) is 26.1 Å². The van der Waals surface area contributed by atoms with E-state index in [-0.39, 0.29) is 0 Å². The highest BCUT2D eigenvalue weighted by Crippen LogP contribution is 2.33. The fourth-order valence-electron chi connectivity index (χ4n) is 3.64. The molecule has 0 aromatic heterocycles. The summed E-state index contributed by atoms with van der Waals surface area (Å²) in [5.74, 6) is 0. The lowest BCUT2D eigenvalue weighted by atomic mass is 9.98. The molecule has 0 heterocycles. The van der Waals surface area contributed by atoms with Crippen LogP contribution in [0.25, 0.3) is 0 Å². The van der Waals surface area contributed by atoms with Gasteiger partial charge in [-0.15, -0.1) is 0 Å². The quantitative estimate of drug-likeness (QED) is 0.769. The Kier molecular flexibility index (Phi) is 4.83. The molecule has 0 spiro atoms. The molecule has 2 rings (SSSR count). The van der Waals surface area contributed by atoms with E-state index in [4.69, 9.17) is 5.26 Å². The SMILES string of the molecule is N#CCCN(CC1(O)CCCC1)CC1(O)CCCC1. The van der Waals surface area contributed by atoms with Gasteiger partial charge in [-0.25, -0.2) is 0 Å². The number of hydrogen-bond donors (Lipinski definition) is 2. The molecule has 0 radical (unpaired) electrons. The van der Waals surface area contributed by atoms with Crippen LogP contribution >= 0.6 is 0 Å². The van der Waals surface area contributed by atoms with E-state index in [1.807, 2.05) is 0 Å². The summed E-state index contributed by atoms with van der Waals surface area (Å²) in [5.41, 5.74) is -1.19. The summed E-state index contributed by atoms with van der Waals surface area (Å²) < 4.78 is 0. The van der Waals surface area contributed by atoms with Crippen molar-refractivity contribution in [1.29, 1.82) is 5.26 Å². The molecule has 0 aromatic rings. The Labute approximate surface area is 116 Å². The average Bonchev–Trinajstić information content (AvgIpc) is 2.96. The summed E-state index contributed by atoms with van der Waals surface area (Å²) in [6.45, 7) is 1.87. The zero-order valence-corrected chi connectivity index (χ0v) is 11.8. The smallest absolute Gasteiger partial charge is 0.0774 e. The number of nitrogens with zero attached hydrogens (tertiary/aromatic N) is 2. The van der Waals surface area contributed by atoms with Crippen molar-refractivity contribution in [2.75, 3.05) is 19.6 Å². The van der Waals surface area contributed by atoms with E-state index in [0.717, 1.165) is 51.4 Å². The topological polar surface area (TPSA) is 67.5 Å². The zero-order chi connectivity index (χ0) is 13.8. The van der Waals surface area contributed by atoms with Gasteiger partial charge in [-0.05, 0) is 25.7 Å².